The number of anilines is 1. The molecule has 3 rings (SSSR count). The molecule has 1 amide bonds. The minimum atomic E-state index is -0.307. The van der Waals surface area contributed by atoms with Crippen molar-refractivity contribution < 1.29 is 9.53 Å². The monoisotopic (exact) mass is 267 g/mol. The normalized spacial score (nSPS) is 17.9. The third kappa shape index (κ3) is 2.73. The molecule has 1 aliphatic heterocycles. The molecule has 1 fully saturated rings. The maximum Gasteiger partial charge on any atom is 0.253 e. The summed E-state index contributed by atoms with van der Waals surface area (Å²) < 4.78 is 5.42. The van der Waals surface area contributed by atoms with Crippen LogP contribution in [0.1, 0.15) is 12.8 Å². The van der Waals surface area contributed by atoms with Crippen LogP contribution in [0, 0.1) is 0 Å². The van der Waals surface area contributed by atoms with E-state index in [1.807, 2.05) is 54.6 Å². The van der Waals surface area contributed by atoms with Crippen LogP contribution in [0.3, 0.4) is 0 Å². The molecule has 0 saturated carbocycles. The number of benzene rings is 2. The summed E-state index contributed by atoms with van der Waals surface area (Å²) in [5, 5.41) is 2.99. The number of rotatable bonds is 3. The number of para-hydroxylation sites is 1. The number of carbonyl (C=O) groups is 1. The van der Waals surface area contributed by atoms with E-state index in [4.69, 9.17) is 4.74 Å². The zero-order valence-electron chi connectivity index (χ0n) is 11.2. The van der Waals surface area contributed by atoms with Crippen LogP contribution < -0.4 is 5.32 Å². The topological polar surface area (TPSA) is 38.3 Å². The highest BCUT2D eigenvalue weighted by Crippen LogP contribution is 2.28. The van der Waals surface area contributed by atoms with Crippen LogP contribution >= 0.6 is 0 Å². The molecule has 1 unspecified atom stereocenters. The highest BCUT2D eigenvalue weighted by atomic mass is 16.5. The second-order valence-corrected chi connectivity index (χ2v) is 4.90. The zero-order chi connectivity index (χ0) is 13.8. The Morgan fingerprint density at radius 2 is 1.80 bits per heavy atom. The van der Waals surface area contributed by atoms with Crippen molar-refractivity contribution >= 4 is 11.6 Å². The van der Waals surface area contributed by atoms with Gasteiger partial charge in [-0.05, 0) is 24.5 Å². The van der Waals surface area contributed by atoms with Crippen molar-refractivity contribution in [1.82, 2.24) is 0 Å². The lowest BCUT2D eigenvalue weighted by molar-refractivity contribution is -0.124. The van der Waals surface area contributed by atoms with Gasteiger partial charge in [0.05, 0.1) is 0 Å². The molecule has 0 radical (unpaired) electrons. The van der Waals surface area contributed by atoms with Crippen molar-refractivity contribution in [3.63, 3.8) is 0 Å². The Kier molecular flexibility index (Phi) is 3.79. The first-order valence-electron chi connectivity index (χ1n) is 6.91. The Hall–Kier alpha value is -2.13. The van der Waals surface area contributed by atoms with E-state index in [2.05, 4.69) is 5.32 Å². The van der Waals surface area contributed by atoms with Crippen LogP contribution in [0.15, 0.2) is 54.6 Å². The first kappa shape index (κ1) is 12.9. The van der Waals surface area contributed by atoms with Crippen LogP contribution in [0.2, 0.25) is 0 Å². The Labute approximate surface area is 118 Å². The van der Waals surface area contributed by atoms with E-state index in [1.54, 1.807) is 0 Å². The fourth-order valence-electron chi connectivity index (χ4n) is 2.46. The number of hydrogen-bond donors (Lipinski definition) is 1. The lowest BCUT2D eigenvalue weighted by Crippen LogP contribution is -2.27. The summed E-state index contributed by atoms with van der Waals surface area (Å²) in [6.07, 6.45) is 1.46. The van der Waals surface area contributed by atoms with Gasteiger partial charge in [-0.25, -0.2) is 0 Å². The molecule has 1 N–H and O–H groups in total. The average molecular weight is 267 g/mol. The molecule has 20 heavy (non-hydrogen) atoms. The molecule has 0 aromatic heterocycles. The molecule has 3 heteroatoms. The molecule has 1 saturated heterocycles. The number of amides is 1. The quantitative estimate of drug-likeness (QED) is 0.924. The first-order valence-corrected chi connectivity index (χ1v) is 6.91. The van der Waals surface area contributed by atoms with Crippen molar-refractivity contribution in [3.05, 3.63) is 54.6 Å². The molecule has 2 aromatic rings. The minimum Gasteiger partial charge on any atom is -0.368 e. The zero-order valence-corrected chi connectivity index (χ0v) is 11.2. The maximum absolute atomic E-state index is 12.2. The lowest BCUT2D eigenvalue weighted by Gasteiger charge is -2.14. The van der Waals surface area contributed by atoms with Crippen LogP contribution in [0.4, 0.5) is 5.69 Å². The highest BCUT2D eigenvalue weighted by Gasteiger charge is 2.24. The molecule has 3 nitrogen and oxygen atoms in total. The van der Waals surface area contributed by atoms with Gasteiger partial charge in [0.15, 0.2) is 0 Å². The van der Waals surface area contributed by atoms with Gasteiger partial charge in [0, 0.05) is 17.9 Å². The smallest absolute Gasteiger partial charge is 0.253 e. The molecule has 1 heterocycles. The second kappa shape index (κ2) is 5.88. The van der Waals surface area contributed by atoms with Gasteiger partial charge in [-0.3, -0.25) is 4.79 Å². The number of nitrogens with one attached hydrogen (secondary N) is 1. The lowest BCUT2D eigenvalue weighted by atomic mass is 10.0. The van der Waals surface area contributed by atoms with Gasteiger partial charge in [0.2, 0.25) is 0 Å². The second-order valence-electron chi connectivity index (χ2n) is 4.90. The van der Waals surface area contributed by atoms with Crippen LogP contribution in [0.5, 0.6) is 0 Å². The predicted molar refractivity (Wildman–Crippen MR) is 79.5 cm³/mol. The van der Waals surface area contributed by atoms with Gasteiger partial charge in [0.1, 0.15) is 6.10 Å². The standard InChI is InChI=1S/C17H17NO2/c19-17(16-11-6-12-20-16)18-15-10-5-4-9-14(15)13-7-2-1-3-8-13/h1-5,7-10,16H,6,11-12H2,(H,18,19). The summed E-state index contributed by atoms with van der Waals surface area (Å²) in [5.41, 5.74) is 2.95. The van der Waals surface area contributed by atoms with Gasteiger partial charge < -0.3 is 10.1 Å². The van der Waals surface area contributed by atoms with E-state index in [1.165, 1.54) is 0 Å². The van der Waals surface area contributed by atoms with Gasteiger partial charge in [-0.2, -0.15) is 0 Å². The molecule has 0 aliphatic carbocycles. The fraction of sp³-hybridized carbons (Fsp3) is 0.235. The Bertz CT molecular complexity index is 589. The molecule has 0 spiro atoms. The summed E-state index contributed by atoms with van der Waals surface area (Å²) in [7, 11) is 0. The molecule has 102 valence electrons. The highest BCUT2D eigenvalue weighted by molar-refractivity contribution is 5.98. The molecule has 2 aromatic carbocycles. The third-order valence-electron chi connectivity index (χ3n) is 3.49. The van der Waals surface area contributed by atoms with E-state index < -0.39 is 0 Å². The van der Waals surface area contributed by atoms with Gasteiger partial charge in [-0.15, -0.1) is 0 Å². The molecule has 1 aliphatic rings. The van der Waals surface area contributed by atoms with E-state index in [0.29, 0.717) is 6.61 Å². The van der Waals surface area contributed by atoms with Crippen molar-refractivity contribution in [1.29, 1.82) is 0 Å². The van der Waals surface area contributed by atoms with Crippen molar-refractivity contribution in [2.45, 2.75) is 18.9 Å². The SMILES string of the molecule is O=C(Nc1ccccc1-c1ccccc1)C1CCCO1. The summed E-state index contributed by atoms with van der Waals surface area (Å²) in [6, 6.07) is 17.9. The third-order valence-corrected chi connectivity index (χ3v) is 3.49. The Morgan fingerprint density at radius 3 is 2.55 bits per heavy atom. The molecular weight excluding hydrogens is 250 g/mol. The maximum atomic E-state index is 12.2. The molecule has 0 bridgehead atoms. The Morgan fingerprint density at radius 1 is 1.05 bits per heavy atom. The first-order chi connectivity index (χ1) is 9.84. The summed E-state index contributed by atoms with van der Waals surface area (Å²) in [6.45, 7) is 0.679. The number of ether oxygens (including phenoxy) is 1. The number of carbonyl (C=O) groups excluding carboxylic acids is 1. The summed E-state index contributed by atoms with van der Waals surface area (Å²) >= 11 is 0. The fourth-order valence-corrected chi connectivity index (χ4v) is 2.46. The average Bonchev–Trinajstić information content (AvgIpc) is 3.03. The number of hydrogen-bond acceptors (Lipinski definition) is 2. The summed E-state index contributed by atoms with van der Waals surface area (Å²) in [5.74, 6) is -0.0501. The van der Waals surface area contributed by atoms with E-state index in [-0.39, 0.29) is 12.0 Å². The minimum absolute atomic E-state index is 0.0501. The van der Waals surface area contributed by atoms with Crippen LogP contribution in [-0.2, 0) is 9.53 Å². The molecule has 1 atom stereocenters. The van der Waals surface area contributed by atoms with E-state index >= 15 is 0 Å². The predicted octanol–water partition coefficient (Wildman–Crippen LogP) is 3.47. The van der Waals surface area contributed by atoms with Gasteiger partial charge >= 0.3 is 0 Å². The molecular formula is C17H17NO2. The Balaban J connectivity index is 1.85. The van der Waals surface area contributed by atoms with E-state index in [9.17, 15) is 4.79 Å². The largest absolute Gasteiger partial charge is 0.368 e. The van der Waals surface area contributed by atoms with Crippen molar-refractivity contribution in [2.24, 2.45) is 0 Å². The van der Waals surface area contributed by atoms with Crippen molar-refractivity contribution in [2.75, 3.05) is 11.9 Å². The summed E-state index contributed by atoms with van der Waals surface area (Å²) in [4.78, 5) is 12.2. The van der Waals surface area contributed by atoms with Crippen LogP contribution in [-0.4, -0.2) is 18.6 Å². The van der Waals surface area contributed by atoms with Gasteiger partial charge in [-0.1, -0.05) is 48.5 Å². The van der Waals surface area contributed by atoms with Gasteiger partial charge in [0.25, 0.3) is 5.91 Å². The van der Waals surface area contributed by atoms with Crippen molar-refractivity contribution in [3.8, 4) is 11.1 Å². The van der Waals surface area contributed by atoms with Crippen LogP contribution in [0.25, 0.3) is 11.1 Å². The van der Waals surface area contributed by atoms with E-state index in [0.717, 1.165) is 29.7 Å².